The number of amides is 1. The van der Waals surface area contributed by atoms with E-state index in [2.05, 4.69) is 15.5 Å². The van der Waals surface area contributed by atoms with Crippen LogP contribution in [0.5, 0.6) is 5.75 Å². The van der Waals surface area contributed by atoms with Crippen LogP contribution in [0.1, 0.15) is 34.6 Å². The van der Waals surface area contributed by atoms with E-state index in [0.29, 0.717) is 17.6 Å². The molecule has 136 valence electrons. The van der Waals surface area contributed by atoms with Gasteiger partial charge in [-0.25, -0.2) is 4.68 Å². The van der Waals surface area contributed by atoms with Crippen LogP contribution in [0.15, 0.2) is 29.4 Å². The number of nitrogen functional groups attached to an aromatic ring is 1. The van der Waals surface area contributed by atoms with Gasteiger partial charge in [-0.05, 0) is 58.9 Å². The maximum atomic E-state index is 12.2. The van der Waals surface area contributed by atoms with Crippen molar-refractivity contribution in [2.75, 3.05) is 12.4 Å². The summed E-state index contributed by atoms with van der Waals surface area (Å²) in [6, 6.07) is 7.48. The maximum absolute atomic E-state index is 12.2. The van der Waals surface area contributed by atoms with Crippen molar-refractivity contribution in [2.45, 2.75) is 50.6 Å². The second-order valence-electron chi connectivity index (χ2n) is 6.63. The predicted molar refractivity (Wildman–Crippen MR) is 100.0 cm³/mol. The highest BCUT2D eigenvalue weighted by atomic mass is 32.2. The van der Waals surface area contributed by atoms with Crippen LogP contribution in [-0.4, -0.2) is 38.2 Å². The first-order chi connectivity index (χ1) is 11.7. The normalized spacial score (nSPS) is 12.7. The third-order valence-electron chi connectivity index (χ3n) is 3.24. The molecule has 3 N–H and O–H groups in total. The van der Waals surface area contributed by atoms with Crippen molar-refractivity contribution in [3.05, 3.63) is 24.3 Å². The number of nitrogens with zero attached hydrogens (tertiary/aromatic N) is 3. The van der Waals surface area contributed by atoms with Gasteiger partial charge in [-0.1, -0.05) is 11.8 Å². The van der Waals surface area contributed by atoms with Gasteiger partial charge in [0.1, 0.15) is 5.75 Å². The largest absolute Gasteiger partial charge is 0.494 e. The molecule has 0 saturated carbocycles. The summed E-state index contributed by atoms with van der Waals surface area (Å²) >= 11 is 1.27. The van der Waals surface area contributed by atoms with Crippen LogP contribution in [0.4, 0.5) is 0 Å². The molecule has 2 aromatic rings. The van der Waals surface area contributed by atoms with Gasteiger partial charge < -0.3 is 15.9 Å². The van der Waals surface area contributed by atoms with Gasteiger partial charge in [-0.3, -0.25) is 4.79 Å². The number of hydrogen-bond acceptors (Lipinski definition) is 6. The van der Waals surface area contributed by atoms with Crippen LogP contribution in [0.2, 0.25) is 0 Å². The third-order valence-corrected chi connectivity index (χ3v) is 4.29. The molecule has 25 heavy (non-hydrogen) atoms. The molecule has 0 unspecified atom stereocenters. The highest BCUT2D eigenvalue weighted by Crippen LogP contribution is 2.26. The molecule has 1 atom stereocenters. The Hall–Kier alpha value is -2.22. The summed E-state index contributed by atoms with van der Waals surface area (Å²) in [5.74, 6) is 7.37. The molecule has 0 radical (unpaired) electrons. The molecule has 0 saturated heterocycles. The highest BCUT2D eigenvalue weighted by molar-refractivity contribution is 8.00. The molecule has 1 aromatic carbocycles. The Balaban J connectivity index is 2.11. The molecule has 1 heterocycles. The Morgan fingerprint density at radius 2 is 1.96 bits per heavy atom. The van der Waals surface area contributed by atoms with Gasteiger partial charge in [0.2, 0.25) is 11.1 Å². The molecule has 1 amide bonds. The van der Waals surface area contributed by atoms with E-state index < -0.39 is 0 Å². The van der Waals surface area contributed by atoms with Gasteiger partial charge in [-0.15, -0.1) is 10.2 Å². The molecule has 0 aliphatic carbocycles. The summed E-state index contributed by atoms with van der Waals surface area (Å²) in [6.45, 7) is 10.2. The molecular formula is C17H25N5O2S. The van der Waals surface area contributed by atoms with Crippen LogP contribution in [0, 0.1) is 0 Å². The van der Waals surface area contributed by atoms with Crippen molar-refractivity contribution < 1.29 is 9.53 Å². The monoisotopic (exact) mass is 363 g/mol. The molecule has 0 bridgehead atoms. The van der Waals surface area contributed by atoms with Gasteiger partial charge in [0.05, 0.1) is 11.9 Å². The minimum absolute atomic E-state index is 0.0666. The van der Waals surface area contributed by atoms with E-state index in [-0.39, 0.29) is 16.7 Å². The number of carbonyl (C=O) groups excluding carboxylic acids is 1. The van der Waals surface area contributed by atoms with E-state index in [4.69, 9.17) is 10.6 Å². The van der Waals surface area contributed by atoms with Crippen LogP contribution in [0.25, 0.3) is 11.4 Å². The zero-order valence-corrected chi connectivity index (χ0v) is 16.1. The Morgan fingerprint density at radius 3 is 2.52 bits per heavy atom. The number of rotatable bonds is 6. The molecule has 0 spiro atoms. The number of aromatic nitrogens is 3. The van der Waals surface area contributed by atoms with E-state index in [0.717, 1.165) is 11.3 Å². The molecule has 0 aliphatic rings. The SMILES string of the molecule is CCOc1ccc(-c2nnc(S[C@@H](C)C(=O)NC(C)(C)C)n2N)cc1. The van der Waals surface area contributed by atoms with E-state index in [9.17, 15) is 4.79 Å². The van der Waals surface area contributed by atoms with Gasteiger partial charge in [0.25, 0.3) is 0 Å². The fourth-order valence-corrected chi connectivity index (χ4v) is 2.87. The second kappa shape index (κ2) is 7.77. The minimum Gasteiger partial charge on any atom is -0.494 e. The van der Waals surface area contributed by atoms with Crippen LogP contribution in [-0.2, 0) is 4.79 Å². The van der Waals surface area contributed by atoms with Crippen LogP contribution >= 0.6 is 11.8 Å². The van der Waals surface area contributed by atoms with Gasteiger partial charge in [0.15, 0.2) is 5.82 Å². The summed E-state index contributed by atoms with van der Waals surface area (Å²) < 4.78 is 6.83. The number of thioether (sulfide) groups is 1. The average Bonchev–Trinajstić information content (AvgIpc) is 2.88. The van der Waals surface area contributed by atoms with Crippen LogP contribution < -0.4 is 15.9 Å². The fourth-order valence-electron chi connectivity index (χ4n) is 2.10. The van der Waals surface area contributed by atoms with E-state index in [1.165, 1.54) is 16.4 Å². The molecular weight excluding hydrogens is 338 g/mol. The molecule has 2 rings (SSSR count). The fraction of sp³-hybridized carbons (Fsp3) is 0.471. The van der Waals surface area contributed by atoms with Crippen LogP contribution in [0.3, 0.4) is 0 Å². The van der Waals surface area contributed by atoms with Crippen molar-refractivity contribution in [3.63, 3.8) is 0 Å². The standard InChI is InChI=1S/C17H25N5O2S/c1-6-24-13-9-7-12(8-10-13)14-20-21-16(22(14)18)25-11(2)15(23)19-17(3,4)5/h7-11H,6,18H2,1-5H3,(H,19,23)/t11-/m0/s1. The van der Waals surface area contributed by atoms with E-state index in [1.54, 1.807) is 0 Å². The number of nitrogens with two attached hydrogens (primary N) is 1. The Kier molecular flexibility index (Phi) is 5.94. The van der Waals surface area contributed by atoms with Gasteiger partial charge in [-0.2, -0.15) is 0 Å². The zero-order valence-electron chi connectivity index (χ0n) is 15.2. The zero-order chi connectivity index (χ0) is 18.6. The number of ether oxygens (including phenoxy) is 1. The Labute approximate surface area is 152 Å². The number of hydrogen-bond donors (Lipinski definition) is 2. The first-order valence-corrected chi connectivity index (χ1v) is 9.01. The van der Waals surface area contributed by atoms with E-state index in [1.807, 2.05) is 58.9 Å². The highest BCUT2D eigenvalue weighted by Gasteiger charge is 2.23. The summed E-state index contributed by atoms with van der Waals surface area (Å²) in [6.07, 6.45) is 0. The lowest BCUT2D eigenvalue weighted by atomic mass is 10.1. The number of nitrogens with one attached hydrogen (secondary N) is 1. The summed E-state index contributed by atoms with van der Waals surface area (Å²) in [5.41, 5.74) is 0.549. The van der Waals surface area contributed by atoms with E-state index >= 15 is 0 Å². The van der Waals surface area contributed by atoms with Gasteiger partial charge in [0, 0.05) is 11.1 Å². The Morgan fingerprint density at radius 1 is 1.32 bits per heavy atom. The number of carbonyl (C=O) groups is 1. The molecule has 8 heteroatoms. The quantitative estimate of drug-likeness (QED) is 0.605. The molecule has 7 nitrogen and oxygen atoms in total. The molecule has 0 fully saturated rings. The topological polar surface area (TPSA) is 95.1 Å². The lowest BCUT2D eigenvalue weighted by molar-refractivity contribution is -0.121. The van der Waals surface area contributed by atoms with Gasteiger partial charge >= 0.3 is 0 Å². The summed E-state index contributed by atoms with van der Waals surface area (Å²) in [4.78, 5) is 12.2. The first kappa shape index (κ1) is 19.1. The maximum Gasteiger partial charge on any atom is 0.233 e. The minimum atomic E-state index is -0.334. The molecule has 1 aromatic heterocycles. The summed E-state index contributed by atoms with van der Waals surface area (Å²) in [5, 5.41) is 11.3. The lowest BCUT2D eigenvalue weighted by Crippen LogP contribution is -2.44. The second-order valence-corrected chi connectivity index (χ2v) is 7.94. The van der Waals surface area contributed by atoms with Crippen molar-refractivity contribution in [3.8, 4) is 17.1 Å². The predicted octanol–water partition coefficient (Wildman–Crippen LogP) is 2.45. The average molecular weight is 363 g/mol. The first-order valence-electron chi connectivity index (χ1n) is 8.13. The third kappa shape index (κ3) is 5.12. The smallest absolute Gasteiger partial charge is 0.233 e. The molecule has 0 aliphatic heterocycles. The number of benzene rings is 1. The lowest BCUT2D eigenvalue weighted by Gasteiger charge is -2.22. The van der Waals surface area contributed by atoms with Crippen molar-refractivity contribution in [1.82, 2.24) is 20.2 Å². The van der Waals surface area contributed by atoms with Crippen molar-refractivity contribution in [2.24, 2.45) is 0 Å². The van der Waals surface area contributed by atoms with Crippen molar-refractivity contribution >= 4 is 17.7 Å². The Bertz CT molecular complexity index is 722. The summed E-state index contributed by atoms with van der Waals surface area (Å²) in [7, 11) is 0. The van der Waals surface area contributed by atoms with Crippen molar-refractivity contribution in [1.29, 1.82) is 0 Å².